The molecule has 1 aliphatic rings. The summed E-state index contributed by atoms with van der Waals surface area (Å²) in [7, 11) is 1.99. The van der Waals surface area contributed by atoms with Crippen LogP contribution in [0, 0.1) is 0 Å². The quantitative estimate of drug-likeness (QED) is 0.555. The molecule has 1 heterocycles. The van der Waals surface area contributed by atoms with Gasteiger partial charge in [-0.1, -0.05) is 18.5 Å². The maximum atomic E-state index is 12.9. The van der Waals surface area contributed by atoms with E-state index in [0.717, 1.165) is 35.4 Å². The zero-order valence-electron chi connectivity index (χ0n) is 17.8. The van der Waals surface area contributed by atoms with E-state index in [1.165, 1.54) is 6.07 Å². The Kier molecular flexibility index (Phi) is 8.19. The number of rotatable bonds is 7. The Morgan fingerprint density at radius 1 is 1.16 bits per heavy atom. The number of thioether (sulfide) groups is 1. The van der Waals surface area contributed by atoms with Crippen LogP contribution in [0.5, 0.6) is 5.75 Å². The molecule has 2 aromatic carbocycles. The number of likely N-dealkylation sites (N-methyl/N-ethyl adjacent to an activating group) is 1. The Bertz CT molecular complexity index is 951. The fraction of sp³-hybridized carbons (Fsp3) is 0.409. The number of carbonyl (C=O) groups is 1. The van der Waals surface area contributed by atoms with E-state index in [9.17, 15) is 18.0 Å². The predicted octanol–water partition coefficient (Wildman–Crippen LogP) is 5.03. The number of ether oxygens (including phenoxy) is 1. The van der Waals surface area contributed by atoms with Crippen LogP contribution >= 0.6 is 23.4 Å². The van der Waals surface area contributed by atoms with Crippen molar-refractivity contribution in [3.05, 3.63) is 52.5 Å². The lowest BCUT2D eigenvalue weighted by atomic mass is 10.1. The summed E-state index contributed by atoms with van der Waals surface area (Å²) in [5.74, 6) is -0.0437. The van der Waals surface area contributed by atoms with Crippen molar-refractivity contribution in [2.45, 2.75) is 24.7 Å². The van der Waals surface area contributed by atoms with Gasteiger partial charge in [-0.2, -0.15) is 0 Å². The highest BCUT2D eigenvalue weighted by molar-refractivity contribution is 7.99. The van der Waals surface area contributed by atoms with Crippen LogP contribution in [0.3, 0.4) is 0 Å². The average molecular weight is 488 g/mol. The maximum Gasteiger partial charge on any atom is 0.573 e. The summed E-state index contributed by atoms with van der Waals surface area (Å²) >= 11 is 7.72. The summed E-state index contributed by atoms with van der Waals surface area (Å²) in [6.45, 7) is 5.07. The lowest BCUT2D eigenvalue weighted by Crippen LogP contribution is -2.44. The second kappa shape index (κ2) is 10.7. The van der Waals surface area contributed by atoms with Gasteiger partial charge < -0.3 is 19.9 Å². The van der Waals surface area contributed by atoms with Crippen LogP contribution in [-0.2, 0) is 6.54 Å². The van der Waals surface area contributed by atoms with Crippen LogP contribution in [0.1, 0.15) is 22.8 Å². The summed E-state index contributed by atoms with van der Waals surface area (Å²) < 4.78 is 42.7. The van der Waals surface area contributed by atoms with E-state index >= 15 is 0 Å². The largest absolute Gasteiger partial charge is 0.573 e. The van der Waals surface area contributed by atoms with Gasteiger partial charge in [0.2, 0.25) is 0 Å². The van der Waals surface area contributed by atoms with Crippen LogP contribution < -0.4 is 15.0 Å². The van der Waals surface area contributed by atoms with Crippen molar-refractivity contribution < 1.29 is 22.7 Å². The molecule has 5 nitrogen and oxygen atoms in total. The van der Waals surface area contributed by atoms with Crippen molar-refractivity contribution in [3.63, 3.8) is 0 Å². The lowest BCUT2D eigenvalue weighted by molar-refractivity contribution is -0.274. The summed E-state index contributed by atoms with van der Waals surface area (Å²) in [4.78, 5) is 17.9. The number of alkyl halides is 3. The van der Waals surface area contributed by atoms with E-state index in [1.54, 1.807) is 30.0 Å². The maximum absolute atomic E-state index is 12.9. The second-order valence-corrected chi connectivity index (χ2v) is 9.16. The number of anilines is 1. The Morgan fingerprint density at radius 3 is 2.53 bits per heavy atom. The van der Waals surface area contributed by atoms with Gasteiger partial charge in [0.15, 0.2) is 0 Å². The van der Waals surface area contributed by atoms with E-state index in [4.69, 9.17) is 11.6 Å². The molecule has 1 saturated heterocycles. The monoisotopic (exact) mass is 487 g/mol. The third kappa shape index (κ3) is 6.95. The highest BCUT2D eigenvalue weighted by atomic mass is 35.5. The van der Waals surface area contributed by atoms with Crippen molar-refractivity contribution in [2.24, 2.45) is 0 Å². The van der Waals surface area contributed by atoms with Crippen molar-refractivity contribution >= 4 is 35.0 Å². The molecule has 2 aromatic rings. The fourth-order valence-electron chi connectivity index (χ4n) is 3.41. The summed E-state index contributed by atoms with van der Waals surface area (Å²) in [6, 6.07) is 9.49. The molecule has 0 spiro atoms. The third-order valence-corrected chi connectivity index (χ3v) is 6.25. The number of hydrogen-bond donors (Lipinski definition) is 1. The molecule has 1 amide bonds. The summed E-state index contributed by atoms with van der Waals surface area (Å²) in [6.07, 6.45) is -4.85. The number of benzene rings is 2. The van der Waals surface area contributed by atoms with Gasteiger partial charge in [0, 0.05) is 60.0 Å². The molecule has 0 aliphatic carbocycles. The predicted molar refractivity (Wildman–Crippen MR) is 122 cm³/mol. The number of carbonyl (C=O) groups excluding carboxylic acids is 1. The topological polar surface area (TPSA) is 44.8 Å². The first kappa shape index (κ1) is 24.5. The van der Waals surface area contributed by atoms with E-state index in [1.807, 2.05) is 24.9 Å². The zero-order valence-corrected chi connectivity index (χ0v) is 19.4. The molecule has 0 bridgehead atoms. The van der Waals surface area contributed by atoms with Crippen molar-refractivity contribution in [1.29, 1.82) is 0 Å². The molecule has 0 radical (unpaired) electrons. The van der Waals surface area contributed by atoms with Gasteiger partial charge in [0.1, 0.15) is 5.75 Å². The van der Waals surface area contributed by atoms with Gasteiger partial charge in [-0.25, -0.2) is 0 Å². The van der Waals surface area contributed by atoms with E-state index in [2.05, 4.69) is 15.0 Å². The van der Waals surface area contributed by atoms with Crippen LogP contribution in [0.4, 0.5) is 18.9 Å². The van der Waals surface area contributed by atoms with Crippen molar-refractivity contribution in [3.8, 4) is 5.75 Å². The molecule has 1 aliphatic heterocycles. The first-order chi connectivity index (χ1) is 15.1. The molecule has 10 heteroatoms. The van der Waals surface area contributed by atoms with Crippen LogP contribution in [0.25, 0.3) is 0 Å². The molecule has 0 saturated carbocycles. The normalized spacial score (nSPS) is 15.0. The molecular weight excluding hydrogens is 463 g/mol. The summed E-state index contributed by atoms with van der Waals surface area (Å²) in [5.41, 5.74) is 1.47. The Morgan fingerprint density at radius 2 is 1.88 bits per heavy atom. The molecule has 0 unspecified atom stereocenters. The number of halogens is 4. The van der Waals surface area contributed by atoms with Gasteiger partial charge in [-0.3, -0.25) is 4.79 Å². The van der Waals surface area contributed by atoms with Crippen LogP contribution in [0.2, 0.25) is 5.02 Å². The van der Waals surface area contributed by atoms with Crippen LogP contribution in [-0.4, -0.2) is 56.1 Å². The highest BCUT2D eigenvalue weighted by Gasteiger charge is 2.32. The number of nitrogens with zero attached hydrogens (tertiary/aromatic N) is 2. The first-order valence-electron chi connectivity index (χ1n) is 10.2. The molecular formula is C22H25ClF3N3O2S. The number of hydrogen-bond acceptors (Lipinski definition) is 5. The van der Waals surface area contributed by atoms with E-state index in [0.29, 0.717) is 23.8 Å². The van der Waals surface area contributed by atoms with Gasteiger partial charge >= 0.3 is 6.36 Å². The summed E-state index contributed by atoms with van der Waals surface area (Å²) in [5, 5.41) is 3.34. The molecule has 0 atom stereocenters. The van der Waals surface area contributed by atoms with Gasteiger partial charge in [-0.15, -0.1) is 24.9 Å². The fourth-order valence-corrected chi connectivity index (χ4v) is 4.40. The van der Waals surface area contributed by atoms with Crippen molar-refractivity contribution in [1.82, 2.24) is 10.2 Å². The molecule has 0 aromatic heterocycles. The number of amides is 1. The van der Waals surface area contributed by atoms with Crippen molar-refractivity contribution in [2.75, 3.05) is 43.9 Å². The second-order valence-electron chi connectivity index (χ2n) is 7.42. The molecule has 174 valence electrons. The van der Waals surface area contributed by atoms with E-state index in [-0.39, 0.29) is 12.1 Å². The Balaban J connectivity index is 1.82. The molecule has 1 N–H and O–H groups in total. The van der Waals surface area contributed by atoms with E-state index < -0.39 is 18.0 Å². The zero-order chi connectivity index (χ0) is 23.3. The Hall–Kier alpha value is -2.10. The molecule has 32 heavy (non-hydrogen) atoms. The van der Waals surface area contributed by atoms with Crippen LogP contribution in [0.15, 0.2) is 41.3 Å². The SMILES string of the molecule is CCSc1ccc(Cl)cc1CNC(=O)c1cc(OC(F)(F)F)cc(N2CCN(C)CC2)c1. The van der Waals surface area contributed by atoms with Gasteiger partial charge in [0.05, 0.1) is 0 Å². The lowest BCUT2D eigenvalue weighted by Gasteiger charge is -2.34. The van der Waals surface area contributed by atoms with Gasteiger partial charge in [0.25, 0.3) is 5.91 Å². The molecule has 3 rings (SSSR count). The number of nitrogens with one attached hydrogen (secondary N) is 1. The average Bonchev–Trinajstić information content (AvgIpc) is 2.73. The molecule has 1 fully saturated rings. The number of piperazine rings is 1. The minimum Gasteiger partial charge on any atom is -0.406 e. The smallest absolute Gasteiger partial charge is 0.406 e. The first-order valence-corrected chi connectivity index (χ1v) is 11.5. The standard InChI is InChI=1S/C22H25ClF3N3O2S/c1-3-32-20-5-4-17(23)10-16(20)14-27-21(30)15-11-18(29-8-6-28(2)7-9-29)13-19(12-15)31-22(24,25)26/h4-5,10-13H,3,6-9,14H2,1-2H3,(H,27,30). The minimum absolute atomic E-state index is 0.104. The highest BCUT2D eigenvalue weighted by Crippen LogP contribution is 2.30. The third-order valence-electron chi connectivity index (χ3n) is 5.02. The Labute approximate surface area is 194 Å². The minimum atomic E-state index is -4.85. The van der Waals surface area contributed by atoms with Gasteiger partial charge in [-0.05, 0) is 48.7 Å².